The van der Waals surface area contributed by atoms with Gasteiger partial charge in [-0.15, -0.1) is 0 Å². The largest absolute Gasteiger partial charge is 0.316 e. The number of aliphatic imine (C=N–C) groups is 1. The highest BCUT2D eigenvalue weighted by Crippen LogP contribution is 2.41. The van der Waals surface area contributed by atoms with Crippen molar-refractivity contribution in [3.8, 4) is 0 Å². The highest BCUT2D eigenvalue weighted by atomic mass is 32.2. The monoisotopic (exact) mass is 417 g/mol. The molecule has 2 aliphatic rings. The van der Waals surface area contributed by atoms with Crippen molar-refractivity contribution in [1.82, 2.24) is 0 Å². The lowest BCUT2D eigenvalue weighted by Gasteiger charge is -2.24. The predicted octanol–water partition coefficient (Wildman–Crippen LogP) is 2.51. The van der Waals surface area contributed by atoms with Crippen molar-refractivity contribution in [1.29, 1.82) is 0 Å². The van der Waals surface area contributed by atoms with E-state index in [1.54, 1.807) is 4.90 Å². The summed E-state index contributed by atoms with van der Waals surface area (Å²) in [5, 5.41) is 11.1. The van der Waals surface area contributed by atoms with Crippen molar-refractivity contribution >= 4 is 44.0 Å². The number of amidine groups is 1. The highest BCUT2D eigenvalue weighted by Gasteiger charge is 2.49. The number of carbonyl (C=O) groups excluding carboxylic acids is 1. The Morgan fingerprint density at radius 1 is 1.14 bits per heavy atom. The van der Waals surface area contributed by atoms with Crippen molar-refractivity contribution in [3.05, 3.63) is 70.3 Å². The van der Waals surface area contributed by atoms with Gasteiger partial charge in [-0.3, -0.25) is 14.9 Å². The average Bonchev–Trinajstić information content (AvgIpc) is 3.13. The first-order valence-corrected chi connectivity index (χ1v) is 11.1. The normalized spacial score (nSPS) is 24.3. The molecule has 0 bridgehead atoms. The summed E-state index contributed by atoms with van der Waals surface area (Å²) in [6.45, 7) is 0. The fourth-order valence-electron chi connectivity index (χ4n) is 3.36. The molecule has 0 N–H and O–H groups in total. The summed E-state index contributed by atoms with van der Waals surface area (Å²) in [6, 6.07) is 14.3. The molecule has 2 atom stereocenters. The van der Waals surface area contributed by atoms with Gasteiger partial charge in [-0.05, 0) is 18.2 Å². The number of carbonyl (C=O) groups is 1. The molecule has 2 saturated heterocycles. The Morgan fingerprint density at radius 3 is 2.61 bits per heavy atom. The number of rotatable bonds is 3. The summed E-state index contributed by atoms with van der Waals surface area (Å²) in [7, 11) is -3.14. The molecule has 0 unspecified atom stereocenters. The van der Waals surface area contributed by atoms with Crippen molar-refractivity contribution in [2.24, 2.45) is 4.99 Å². The molecule has 0 aliphatic carbocycles. The molecule has 0 saturated carbocycles. The quantitative estimate of drug-likeness (QED) is 0.557. The van der Waals surface area contributed by atoms with Crippen LogP contribution < -0.4 is 4.90 Å². The van der Waals surface area contributed by atoms with E-state index >= 15 is 0 Å². The number of fused-ring (bicyclic) bond motifs is 1. The fourth-order valence-corrected chi connectivity index (χ4v) is 7.27. The van der Waals surface area contributed by atoms with Crippen LogP contribution in [0.2, 0.25) is 0 Å². The standard InChI is InChI=1S/C18H15N3O5S2/c22-17(12-5-4-8-14(9-12)21(23)24)19-18-20(13-6-2-1-3-7-13)15-10-28(25,26)11-16(15)27-18/h1-9,15-16H,10-11H2/t15-,16+/m1/s1. The Balaban J connectivity index is 1.70. The molecule has 2 heterocycles. The first-order valence-electron chi connectivity index (χ1n) is 8.43. The average molecular weight is 417 g/mol. The molecule has 0 radical (unpaired) electrons. The Bertz CT molecular complexity index is 1090. The zero-order valence-electron chi connectivity index (χ0n) is 14.5. The molecule has 10 heteroatoms. The number of nitro benzene ring substituents is 1. The Hall–Kier alpha value is -2.72. The molecule has 28 heavy (non-hydrogen) atoms. The second-order valence-electron chi connectivity index (χ2n) is 6.51. The summed E-state index contributed by atoms with van der Waals surface area (Å²) in [5.74, 6) is -0.561. The van der Waals surface area contributed by atoms with E-state index in [0.717, 1.165) is 5.69 Å². The zero-order valence-corrected chi connectivity index (χ0v) is 16.1. The second-order valence-corrected chi connectivity index (χ2v) is 9.87. The maximum absolute atomic E-state index is 12.6. The Morgan fingerprint density at radius 2 is 1.89 bits per heavy atom. The third-order valence-corrected chi connectivity index (χ3v) is 7.81. The third-order valence-electron chi connectivity index (χ3n) is 4.60. The number of benzene rings is 2. The van der Waals surface area contributed by atoms with Gasteiger partial charge in [0.2, 0.25) is 0 Å². The van der Waals surface area contributed by atoms with Crippen LogP contribution in [0.4, 0.5) is 11.4 Å². The summed E-state index contributed by atoms with van der Waals surface area (Å²) in [4.78, 5) is 29.0. The number of nitrogens with zero attached hydrogens (tertiary/aromatic N) is 3. The van der Waals surface area contributed by atoms with Gasteiger partial charge in [-0.25, -0.2) is 8.42 Å². The second kappa shape index (κ2) is 7.02. The minimum atomic E-state index is -3.14. The number of hydrogen-bond acceptors (Lipinski definition) is 6. The third kappa shape index (κ3) is 3.52. The summed E-state index contributed by atoms with van der Waals surface area (Å²) in [5.41, 5.74) is 0.679. The number of thioether (sulfide) groups is 1. The minimum absolute atomic E-state index is 0.00355. The molecule has 4 rings (SSSR count). The van der Waals surface area contributed by atoms with Crippen LogP contribution in [0.5, 0.6) is 0 Å². The smallest absolute Gasteiger partial charge is 0.279 e. The molecule has 144 valence electrons. The van der Waals surface area contributed by atoms with Crippen molar-refractivity contribution < 1.29 is 18.1 Å². The number of amides is 1. The first-order chi connectivity index (χ1) is 13.3. The van der Waals surface area contributed by atoms with Crippen LogP contribution in [0.3, 0.4) is 0 Å². The van der Waals surface area contributed by atoms with Gasteiger partial charge in [-0.1, -0.05) is 36.0 Å². The molecule has 0 aromatic heterocycles. The van der Waals surface area contributed by atoms with Gasteiger partial charge in [0, 0.05) is 28.6 Å². The number of para-hydroxylation sites is 1. The molecule has 0 spiro atoms. The van der Waals surface area contributed by atoms with Gasteiger partial charge >= 0.3 is 0 Å². The van der Waals surface area contributed by atoms with Gasteiger partial charge in [0.25, 0.3) is 11.6 Å². The SMILES string of the molecule is O=C(N=C1S[C@H]2CS(=O)(=O)C[C@H]2N1c1ccccc1)c1cccc([N+](=O)[O-])c1. The summed E-state index contributed by atoms with van der Waals surface area (Å²) < 4.78 is 24.1. The first kappa shape index (κ1) is 18.6. The van der Waals surface area contributed by atoms with Crippen LogP contribution in [0.25, 0.3) is 0 Å². The number of hydrogen-bond donors (Lipinski definition) is 0. The van der Waals surface area contributed by atoms with E-state index in [2.05, 4.69) is 4.99 Å². The lowest BCUT2D eigenvalue weighted by molar-refractivity contribution is -0.384. The van der Waals surface area contributed by atoms with Crippen LogP contribution in [0.15, 0.2) is 59.6 Å². The molecule has 2 fully saturated rings. The molecular formula is C18H15N3O5S2. The van der Waals surface area contributed by atoms with E-state index in [9.17, 15) is 23.3 Å². The maximum atomic E-state index is 12.6. The molecular weight excluding hydrogens is 402 g/mol. The summed E-state index contributed by atoms with van der Waals surface area (Å²) >= 11 is 1.26. The van der Waals surface area contributed by atoms with Gasteiger partial charge in [0.05, 0.1) is 22.5 Å². The topological polar surface area (TPSA) is 110 Å². The number of nitro groups is 1. The minimum Gasteiger partial charge on any atom is -0.316 e. The van der Waals surface area contributed by atoms with E-state index in [4.69, 9.17) is 0 Å². The molecule has 2 aromatic rings. The lowest BCUT2D eigenvalue weighted by Crippen LogP contribution is -2.37. The summed E-state index contributed by atoms with van der Waals surface area (Å²) in [6.07, 6.45) is 0. The van der Waals surface area contributed by atoms with Crippen molar-refractivity contribution in [2.75, 3.05) is 16.4 Å². The van der Waals surface area contributed by atoms with Gasteiger partial charge in [-0.2, -0.15) is 4.99 Å². The Labute approximate surface area is 165 Å². The molecule has 2 aromatic carbocycles. The van der Waals surface area contributed by atoms with E-state index in [0.29, 0.717) is 5.17 Å². The zero-order chi connectivity index (χ0) is 19.9. The predicted molar refractivity (Wildman–Crippen MR) is 108 cm³/mol. The van der Waals surface area contributed by atoms with Crippen molar-refractivity contribution in [3.63, 3.8) is 0 Å². The molecule has 2 aliphatic heterocycles. The van der Waals surface area contributed by atoms with Gasteiger partial charge in [0.1, 0.15) is 0 Å². The van der Waals surface area contributed by atoms with Gasteiger partial charge < -0.3 is 4.90 Å². The van der Waals surface area contributed by atoms with E-state index < -0.39 is 20.7 Å². The highest BCUT2D eigenvalue weighted by molar-refractivity contribution is 8.16. The molecule has 1 amide bonds. The van der Waals surface area contributed by atoms with Crippen LogP contribution >= 0.6 is 11.8 Å². The van der Waals surface area contributed by atoms with E-state index in [-0.39, 0.29) is 34.0 Å². The Kier molecular flexibility index (Phi) is 4.68. The maximum Gasteiger partial charge on any atom is 0.279 e. The number of anilines is 1. The van der Waals surface area contributed by atoms with E-state index in [1.807, 2.05) is 30.3 Å². The van der Waals surface area contributed by atoms with Crippen LogP contribution in [-0.4, -0.2) is 47.2 Å². The van der Waals surface area contributed by atoms with Crippen LogP contribution in [0.1, 0.15) is 10.4 Å². The number of non-ortho nitro benzene ring substituents is 1. The molecule has 8 nitrogen and oxygen atoms in total. The van der Waals surface area contributed by atoms with Crippen LogP contribution in [-0.2, 0) is 9.84 Å². The van der Waals surface area contributed by atoms with Gasteiger partial charge in [0.15, 0.2) is 15.0 Å². The van der Waals surface area contributed by atoms with Crippen molar-refractivity contribution in [2.45, 2.75) is 11.3 Å². The number of sulfone groups is 1. The van der Waals surface area contributed by atoms with Crippen LogP contribution in [0, 0.1) is 10.1 Å². The fraction of sp³-hybridized carbons (Fsp3) is 0.222. The lowest BCUT2D eigenvalue weighted by atomic mass is 10.2. The van der Waals surface area contributed by atoms with E-state index in [1.165, 1.54) is 36.0 Å².